The van der Waals surface area contributed by atoms with Crippen LogP contribution in [-0.2, 0) is 11.2 Å². The van der Waals surface area contributed by atoms with Gasteiger partial charge in [0.05, 0.1) is 6.61 Å². The summed E-state index contributed by atoms with van der Waals surface area (Å²) in [5.74, 6) is 2.94. The van der Waals surface area contributed by atoms with Crippen molar-refractivity contribution in [2.24, 2.45) is 23.5 Å². The minimum absolute atomic E-state index is 0.355. The fraction of sp³-hybridized carbons (Fsp3) is 0.625. The number of rotatable bonds is 2. The third-order valence-electron chi connectivity index (χ3n) is 5.34. The van der Waals surface area contributed by atoms with E-state index in [-0.39, 0.29) is 0 Å². The van der Waals surface area contributed by atoms with Gasteiger partial charge in [-0.1, -0.05) is 24.3 Å². The Morgan fingerprint density at radius 3 is 2.94 bits per heavy atom. The molecule has 2 nitrogen and oxygen atoms in total. The molecule has 5 unspecified atom stereocenters. The molecule has 0 bridgehead atoms. The minimum atomic E-state index is 0.355. The molecule has 2 heteroatoms. The Hall–Kier alpha value is -0.860. The van der Waals surface area contributed by atoms with Crippen molar-refractivity contribution in [1.29, 1.82) is 0 Å². The highest BCUT2D eigenvalue weighted by Crippen LogP contribution is 2.61. The molecule has 1 saturated carbocycles. The summed E-state index contributed by atoms with van der Waals surface area (Å²) in [6, 6.07) is 9.32. The predicted octanol–water partition coefficient (Wildman–Crippen LogP) is 2.33. The Morgan fingerprint density at radius 1 is 1.22 bits per heavy atom. The van der Waals surface area contributed by atoms with Crippen molar-refractivity contribution in [3.8, 4) is 0 Å². The second kappa shape index (κ2) is 4.07. The predicted molar refractivity (Wildman–Crippen MR) is 71.4 cm³/mol. The maximum absolute atomic E-state index is 6.52. The molecular formula is C16H21NO. The lowest BCUT2D eigenvalue weighted by Crippen LogP contribution is -2.33. The number of hydrogen-bond donors (Lipinski definition) is 1. The first kappa shape index (κ1) is 11.0. The Bertz CT molecular complexity index is 452. The molecule has 18 heavy (non-hydrogen) atoms. The number of hydrogen-bond acceptors (Lipinski definition) is 2. The van der Waals surface area contributed by atoms with E-state index < -0.39 is 0 Å². The smallest absolute Gasteiger partial charge is 0.0510 e. The lowest BCUT2D eigenvalue weighted by molar-refractivity contribution is 0.177. The van der Waals surface area contributed by atoms with Crippen LogP contribution in [0.2, 0.25) is 0 Å². The molecule has 2 aliphatic carbocycles. The van der Waals surface area contributed by atoms with E-state index in [2.05, 4.69) is 24.3 Å². The van der Waals surface area contributed by atoms with Gasteiger partial charge in [0.1, 0.15) is 0 Å². The van der Waals surface area contributed by atoms with E-state index in [0.717, 1.165) is 31.0 Å². The number of aryl methyl sites for hydroxylation is 1. The molecule has 2 fully saturated rings. The average Bonchev–Trinajstić information content (AvgIpc) is 2.89. The Balaban J connectivity index is 1.57. The molecule has 3 aliphatic rings. The van der Waals surface area contributed by atoms with Crippen molar-refractivity contribution in [2.75, 3.05) is 13.2 Å². The number of nitrogens with two attached hydrogens (primary N) is 1. The van der Waals surface area contributed by atoms with Crippen LogP contribution in [0, 0.1) is 17.8 Å². The first-order chi connectivity index (χ1) is 8.86. The van der Waals surface area contributed by atoms with Crippen LogP contribution in [0.25, 0.3) is 0 Å². The molecule has 1 aromatic rings. The molecule has 0 aromatic heterocycles. The van der Waals surface area contributed by atoms with E-state index in [1.807, 2.05) is 0 Å². The monoisotopic (exact) mass is 243 g/mol. The summed E-state index contributed by atoms with van der Waals surface area (Å²) in [6.45, 7) is 1.80. The first-order valence-corrected chi connectivity index (χ1v) is 7.27. The van der Waals surface area contributed by atoms with Gasteiger partial charge in [-0.25, -0.2) is 0 Å². The van der Waals surface area contributed by atoms with Crippen LogP contribution in [0.15, 0.2) is 24.3 Å². The van der Waals surface area contributed by atoms with E-state index in [9.17, 15) is 0 Å². The van der Waals surface area contributed by atoms with Gasteiger partial charge in [-0.05, 0) is 54.1 Å². The zero-order chi connectivity index (χ0) is 12.1. The fourth-order valence-corrected chi connectivity index (χ4v) is 4.32. The summed E-state index contributed by atoms with van der Waals surface area (Å²) < 4.78 is 5.50. The summed E-state index contributed by atoms with van der Waals surface area (Å²) in [7, 11) is 0. The normalized spacial score (nSPS) is 38.9. The summed E-state index contributed by atoms with van der Waals surface area (Å²) >= 11 is 0. The van der Waals surface area contributed by atoms with Crippen LogP contribution in [0.3, 0.4) is 0 Å². The molecule has 1 saturated heterocycles. The Kier molecular flexibility index (Phi) is 2.49. The lowest BCUT2D eigenvalue weighted by Gasteiger charge is -2.17. The minimum Gasteiger partial charge on any atom is -0.381 e. The molecule has 96 valence electrons. The van der Waals surface area contributed by atoms with Crippen molar-refractivity contribution in [3.05, 3.63) is 35.4 Å². The van der Waals surface area contributed by atoms with Gasteiger partial charge in [0.25, 0.3) is 0 Å². The maximum atomic E-state index is 6.52. The quantitative estimate of drug-likeness (QED) is 0.865. The zero-order valence-electron chi connectivity index (χ0n) is 10.7. The molecule has 4 rings (SSSR count). The van der Waals surface area contributed by atoms with Crippen LogP contribution < -0.4 is 5.73 Å². The zero-order valence-corrected chi connectivity index (χ0v) is 10.7. The third kappa shape index (κ3) is 1.55. The molecule has 0 spiro atoms. The van der Waals surface area contributed by atoms with E-state index in [1.165, 1.54) is 19.3 Å². The van der Waals surface area contributed by atoms with Crippen LogP contribution in [0.5, 0.6) is 0 Å². The van der Waals surface area contributed by atoms with Gasteiger partial charge < -0.3 is 10.5 Å². The van der Waals surface area contributed by atoms with Gasteiger partial charge in [-0.3, -0.25) is 0 Å². The van der Waals surface area contributed by atoms with E-state index >= 15 is 0 Å². The van der Waals surface area contributed by atoms with Gasteiger partial charge in [0.15, 0.2) is 0 Å². The van der Waals surface area contributed by atoms with Crippen molar-refractivity contribution in [3.63, 3.8) is 0 Å². The van der Waals surface area contributed by atoms with Crippen LogP contribution in [0.4, 0.5) is 0 Å². The first-order valence-electron chi connectivity index (χ1n) is 7.27. The van der Waals surface area contributed by atoms with Gasteiger partial charge in [-0.15, -0.1) is 0 Å². The van der Waals surface area contributed by atoms with Crippen LogP contribution in [-0.4, -0.2) is 19.3 Å². The summed E-state index contributed by atoms with van der Waals surface area (Å²) in [4.78, 5) is 0. The van der Waals surface area contributed by atoms with Crippen molar-refractivity contribution >= 4 is 0 Å². The van der Waals surface area contributed by atoms with Gasteiger partial charge in [0, 0.05) is 12.6 Å². The summed E-state index contributed by atoms with van der Waals surface area (Å²) in [5, 5.41) is 0. The number of fused-ring (bicyclic) bond motifs is 3. The maximum Gasteiger partial charge on any atom is 0.0510 e. The highest BCUT2D eigenvalue weighted by Gasteiger charge is 2.56. The molecule has 1 heterocycles. The van der Waals surface area contributed by atoms with Crippen molar-refractivity contribution in [2.45, 2.75) is 31.2 Å². The largest absolute Gasteiger partial charge is 0.381 e. The van der Waals surface area contributed by atoms with Gasteiger partial charge in [0.2, 0.25) is 0 Å². The van der Waals surface area contributed by atoms with Gasteiger partial charge in [-0.2, -0.15) is 0 Å². The Labute approximate surface area is 109 Å². The third-order valence-corrected chi connectivity index (χ3v) is 5.34. The van der Waals surface area contributed by atoms with E-state index in [1.54, 1.807) is 11.1 Å². The fourth-order valence-electron chi connectivity index (χ4n) is 4.32. The van der Waals surface area contributed by atoms with Crippen molar-refractivity contribution in [1.82, 2.24) is 0 Å². The molecule has 0 amide bonds. The molecule has 2 N–H and O–H groups in total. The van der Waals surface area contributed by atoms with E-state index in [0.29, 0.717) is 12.0 Å². The highest BCUT2D eigenvalue weighted by atomic mass is 16.5. The SMILES string of the molecule is NC(C1CCOC1)C1C2CCc3ccccc3C21. The van der Waals surface area contributed by atoms with E-state index in [4.69, 9.17) is 10.5 Å². The topological polar surface area (TPSA) is 35.2 Å². The summed E-state index contributed by atoms with van der Waals surface area (Å²) in [5.41, 5.74) is 9.68. The van der Waals surface area contributed by atoms with Gasteiger partial charge >= 0.3 is 0 Å². The number of ether oxygens (including phenoxy) is 1. The second-order valence-corrected chi connectivity index (χ2v) is 6.21. The lowest BCUT2D eigenvalue weighted by atomic mass is 9.91. The summed E-state index contributed by atoms with van der Waals surface area (Å²) in [6.07, 6.45) is 3.76. The second-order valence-electron chi connectivity index (χ2n) is 6.21. The molecule has 0 radical (unpaired) electrons. The number of benzene rings is 1. The molecule has 1 aliphatic heterocycles. The highest BCUT2D eigenvalue weighted by molar-refractivity contribution is 5.40. The Morgan fingerprint density at radius 2 is 2.11 bits per heavy atom. The van der Waals surface area contributed by atoms with Crippen molar-refractivity contribution < 1.29 is 4.74 Å². The molecule has 1 aromatic carbocycles. The molecular weight excluding hydrogens is 222 g/mol. The van der Waals surface area contributed by atoms with Crippen LogP contribution >= 0.6 is 0 Å². The van der Waals surface area contributed by atoms with Crippen LogP contribution in [0.1, 0.15) is 29.9 Å². The average molecular weight is 243 g/mol. The molecule has 5 atom stereocenters. The standard InChI is InChI=1S/C16H21NO/c17-16(11-7-8-18-9-11)15-13-6-5-10-3-1-2-4-12(10)14(13)15/h1-4,11,13-16H,5-9,17H2.